The average molecular weight is 472 g/mol. The molecule has 2 aromatic carbocycles. The van der Waals surface area contributed by atoms with Crippen molar-refractivity contribution in [3.8, 4) is 0 Å². The lowest BCUT2D eigenvalue weighted by Crippen LogP contribution is -2.40. The van der Waals surface area contributed by atoms with E-state index in [2.05, 4.69) is 12.2 Å². The van der Waals surface area contributed by atoms with Gasteiger partial charge in [0.15, 0.2) is 12.4 Å². The van der Waals surface area contributed by atoms with Crippen molar-refractivity contribution in [3.05, 3.63) is 81.9 Å². The number of esters is 1. The molecular weight excluding hydrogens is 452 g/mol. The zero-order chi connectivity index (χ0) is 24.4. The number of amides is 2. The lowest BCUT2D eigenvalue weighted by Gasteiger charge is -2.37. The third-order valence-electron chi connectivity index (χ3n) is 7.76. The second kappa shape index (κ2) is 7.69. The number of carbonyl (C=O) groups is 4. The van der Waals surface area contributed by atoms with E-state index in [1.807, 2.05) is 0 Å². The van der Waals surface area contributed by atoms with Crippen molar-refractivity contribution in [1.29, 1.82) is 0 Å². The molecule has 0 N–H and O–H groups in total. The zero-order valence-electron chi connectivity index (χ0n) is 18.4. The number of allylic oxidation sites excluding steroid dienone is 2. The third kappa shape index (κ3) is 3.22. The number of para-hydroxylation sites is 1. The fraction of sp³-hybridized carbons (Fsp3) is 0.308. The number of hydrogen-bond acceptors (Lipinski definition) is 7. The first kappa shape index (κ1) is 21.4. The SMILES string of the molecule is O=C(COC(=O)c1ccccc1N1C(=O)[C@@H]2[C@@H]3C=C[C@H]([C@H]4C[C@H]34)[C@@H]2C1=O)c1ccc([N+](=O)[O-])cc1. The van der Waals surface area contributed by atoms with Crippen LogP contribution in [0.5, 0.6) is 0 Å². The Hall–Kier alpha value is -4.14. The molecule has 9 heteroatoms. The minimum atomic E-state index is -0.838. The first-order valence-electron chi connectivity index (χ1n) is 11.5. The smallest absolute Gasteiger partial charge is 0.340 e. The Balaban J connectivity index is 1.21. The van der Waals surface area contributed by atoms with Gasteiger partial charge in [0.25, 0.3) is 5.69 Å². The Morgan fingerprint density at radius 3 is 2.14 bits per heavy atom. The van der Waals surface area contributed by atoms with E-state index < -0.39 is 35.1 Å². The highest BCUT2D eigenvalue weighted by molar-refractivity contribution is 6.24. The van der Waals surface area contributed by atoms with Crippen molar-refractivity contribution >= 4 is 34.9 Å². The van der Waals surface area contributed by atoms with E-state index in [1.165, 1.54) is 36.4 Å². The molecule has 2 aromatic rings. The van der Waals surface area contributed by atoms with Crippen LogP contribution in [0.3, 0.4) is 0 Å². The molecule has 9 nitrogen and oxygen atoms in total. The molecule has 5 aliphatic rings. The summed E-state index contributed by atoms with van der Waals surface area (Å²) in [6.07, 6.45) is 5.22. The van der Waals surface area contributed by atoms with Gasteiger partial charge in [-0.05, 0) is 54.4 Å². The van der Waals surface area contributed by atoms with Crippen LogP contribution in [0.1, 0.15) is 27.1 Å². The molecule has 1 heterocycles. The molecular formula is C26H20N2O7. The van der Waals surface area contributed by atoms with Crippen molar-refractivity contribution in [2.24, 2.45) is 35.5 Å². The molecule has 2 saturated carbocycles. The summed E-state index contributed by atoms with van der Waals surface area (Å²) in [7, 11) is 0. The van der Waals surface area contributed by atoms with Crippen molar-refractivity contribution in [1.82, 2.24) is 0 Å². The van der Waals surface area contributed by atoms with Gasteiger partial charge in [0, 0.05) is 17.7 Å². The van der Waals surface area contributed by atoms with Gasteiger partial charge in [-0.3, -0.25) is 24.5 Å². The van der Waals surface area contributed by atoms with Crippen molar-refractivity contribution in [2.45, 2.75) is 6.42 Å². The van der Waals surface area contributed by atoms with Gasteiger partial charge in [-0.2, -0.15) is 0 Å². The van der Waals surface area contributed by atoms with E-state index in [9.17, 15) is 29.3 Å². The maximum Gasteiger partial charge on any atom is 0.340 e. The molecule has 2 bridgehead atoms. The van der Waals surface area contributed by atoms with E-state index in [-0.39, 0.29) is 46.2 Å². The van der Waals surface area contributed by atoms with Gasteiger partial charge in [0.2, 0.25) is 11.8 Å². The summed E-state index contributed by atoms with van der Waals surface area (Å²) in [6.45, 7) is -0.588. The molecule has 1 aliphatic heterocycles. The molecule has 6 atom stereocenters. The molecule has 0 aromatic heterocycles. The molecule has 0 spiro atoms. The predicted molar refractivity (Wildman–Crippen MR) is 121 cm³/mol. The third-order valence-corrected chi connectivity index (χ3v) is 7.76. The Morgan fingerprint density at radius 1 is 0.943 bits per heavy atom. The lowest BCUT2D eigenvalue weighted by atomic mass is 9.63. The monoisotopic (exact) mass is 472 g/mol. The van der Waals surface area contributed by atoms with Crippen molar-refractivity contribution in [2.75, 3.05) is 11.5 Å². The van der Waals surface area contributed by atoms with Gasteiger partial charge in [0.05, 0.1) is 28.0 Å². The molecule has 1 saturated heterocycles. The Morgan fingerprint density at radius 2 is 1.54 bits per heavy atom. The van der Waals surface area contributed by atoms with Crippen LogP contribution >= 0.6 is 0 Å². The summed E-state index contributed by atoms with van der Waals surface area (Å²) in [5.74, 6) is -1.67. The highest BCUT2D eigenvalue weighted by atomic mass is 16.6. The number of anilines is 1. The molecule has 0 radical (unpaired) electrons. The summed E-state index contributed by atoms with van der Waals surface area (Å²) in [6, 6.07) is 11.2. The predicted octanol–water partition coefficient (Wildman–Crippen LogP) is 3.19. The van der Waals surface area contributed by atoms with Crippen LogP contribution in [0.2, 0.25) is 0 Å². The first-order chi connectivity index (χ1) is 16.9. The van der Waals surface area contributed by atoms with E-state index >= 15 is 0 Å². The second-order valence-corrected chi connectivity index (χ2v) is 9.49. The zero-order valence-corrected chi connectivity index (χ0v) is 18.4. The number of nitro benzene ring substituents is 1. The summed E-state index contributed by atoms with van der Waals surface area (Å²) >= 11 is 0. The quantitative estimate of drug-likeness (QED) is 0.158. The average Bonchev–Trinajstić information content (AvgIpc) is 3.65. The van der Waals surface area contributed by atoms with Gasteiger partial charge in [-0.25, -0.2) is 9.69 Å². The summed E-state index contributed by atoms with van der Waals surface area (Å²) in [4.78, 5) is 63.5. The molecule has 35 heavy (non-hydrogen) atoms. The van der Waals surface area contributed by atoms with Crippen LogP contribution in [0.4, 0.5) is 11.4 Å². The number of ketones is 1. The van der Waals surface area contributed by atoms with E-state index in [0.717, 1.165) is 11.3 Å². The minimum absolute atomic E-state index is 0.0230. The fourth-order valence-corrected chi connectivity index (χ4v) is 6.10. The minimum Gasteiger partial charge on any atom is -0.454 e. The van der Waals surface area contributed by atoms with E-state index in [4.69, 9.17) is 4.74 Å². The van der Waals surface area contributed by atoms with Gasteiger partial charge < -0.3 is 4.74 Å². The number of ether oxygens (including phenoxy) is 1. The molecule has 2 amide bonds. The maximum absolute atomic E-state index is 13.4. The van der Waals surface area contributed by atoms with Crippen molar-refractivity contribution < 1.29 is 28.8 Å². The number of Topliss-reactive ketones (excluding diaryl/α,β-unsaturated/α-hetero) is 1. The Bertz CT molecular complexity index is 1300. The number of nitrogens with zero attached hydrogens (tertiary/aromatic N) is 2. The first-order valence-corrected chi connectivity index (χ1v) is 11.5. The number of nitro groups is 1. The lowest BCUT2D eigenvalue weighted by molar-refractivity contribution is -0.384. The number of benzene rings is 2. The normalized spacial score (nSPS) is 29.5. The topological polar surface area (TPSA) is 124 Å². The fourth-order valence-electron chi connectivity index (χ4n) is 6.10. The molecule has 7 rings (SSSR count). The molecule has 0 unspecified atom stereocenters. The van der Waals surface area contributed by atoms with Gasteiger partial charge in [0.1, 0.15) is 0 Å². The number of imide groups is 1. The standard InChI is InChI=1S/C26H20N2O7/c29-21(13-5-7-14(8-6-13)28(33)34)12-35-26(32)17-3-1-2-4-20(17)27-24(30)22-15-9-10-16(19-11-18(15)19)23(22)25(27)31/h1-10,15-16,18-19,22-23H,11-12H2/t15-,16-,18-,19-,22-,23+/m1/s1. The van der Waals surface area contributed by atoms with Crippen LogP contribution in [-0.4, -0.2) is 35.1 Å². The number of non-ortho nitro benzene ring substituents is 1. The Labute approximate surface area is 199 Å². The summed E-state index contributed by atoms with van der Waals surface area (Å²) in [5, 5.41) is 10.8. The van der Waals surface area contributed by atoms with Crippen LogP contribution in [-0.2, 0) is 14.3 Å². The highest BCUT2D eigenvalue weighted by Crippen LogP contribution is 2.65. The molecule has 176 valence electrons. The summed E-state index contributed by atoms with van der Waals surface area (Å²) in [5.41, 5.74) is 0.189. The van der Waals surface area contributed by atoms with Gasteiger partial charge in [-0.1, -0.05) is 24.3 Å². The molecule has 4 aliphatic carbocycles. The van der Waals surface area contributed by atoms with Gasteiger partial charge >= 0.3 is 5.97 Å². The summed E-state index contributed by atoms with van der Waals surface area (Å²) < 4.78 is 5.21. The van der Waals surface area contributed by atoms with Crippen molar-refractivity contribution in [3.63, 3.8) is 0 Å². The number of rotatable bonds is 6. The highest BCUT2D eigenvalue weighted by Gasteiger charge is 2.67. The van der Waals surface area contributed by atoms with Crippen LogP contribution < -0.4 is 4.90 Å². The van der Waals surface area contributed by atoms with Gasteiger partial charge in [-0.15, -0.1) is 0 Å². The van der Waals surface area contributed by atoms with Crippen LogP contribution in [0.25, 0.3) is 0 Å². The second-order valence-electron chi connectivity index (χ2n) is 9.49. The molecule has 3 fully saturated rings. The van der Waals surface area contributed by atoms with E-state index in [1.54, 1.807) is 12.1 Å². The maximum atomic E-state index is 13.4. The Kier molecular flexibility index (Phi) is 4.70. The van der Waals surface area contributed by atoms with E-state index in [0.29, 0.717) is 11.8 Å². The van der Waals surface area contributed by atoms with Crippen LogP contribution in [0, 0.1) is 45.6 Å². The largest absolute Gasteiger partial charge is 0.454 e. The number of carbonyl (C=O) groups excluding carboxylic acids is 4. The number of hydrogen-bond donors (Lipinski definition) is 0. The van der Waals surface area contributed by atoms with Crippen LogP contribution in [0.15, 0.2) is 60.7 Å².